The van der Waals surface area contributed by atoms with E-state index in [1.54, 1.807) is 0 Å². The second-order valence-corrected chi connectivity index (χ2v) is 6.50. The van der Waals surface area contributed by atoms with Crippen molar-refractivity contribution in [1.29, 1.82) is 0 Å². The van der Waals surface area contributed by atoms with Crippen molar-refractivity contribution in [2.75, 3.05) is 6.61 Å². The minimum absolute atomic E-state index is 0.234. The molecule has 1 fully saturated rings. The van der Waals surface area contributed by atoms with Gasteiger partial charge in [-0.1, -0.05) is 12.8 Å². The lowest BCUT2D eigenvalue weighted by molar-refractivity contribution is 0.0437. The van der Waals surface area contributed by atoms with Crippen molar-refractivity contribution in [3.8, 4) is 0 Å². The Kier molecular flexibility index (Phi) is 4.39. The van der Waals surface area contributed by atoms with E-state index in [1.807, 2.05) is 0 Å². The third-order valence-electron chi connectivity index (χ3n) is 3.41. The quantitative estimate of drug-likeness (QED) is 0.859. The Bertz CT molecular complexity index is 609. The van der Waals surface area contributed by atoms with Crippen LogP contribution in [0.15, 0.2) is 23.1 Å². The Morgan fingerprint density at radius 3 is 2.60 bits per heavy atom. The van der Waals surface area contributed by atoms with Gasteiger partial charge in [-0.3, -0.25) is 0 Å². The predicted octanol–water partition coefficient (Wildman–Crippen LogP) is 1.82. The van der Waals surface area contributed by atoms with Crippen LogP contribution in [0.1, 0.15) is 36.0 Å². The number of ether oxygens (including phenoxy) is 1. The van der Waals surface area contributed by atoms with E-state index < -0.39 is 27.4 Å². The molecule has 1 aromatic rings. The molecule has 0 aliphatic heterocycles. The third kappa shape index (κ3) is 3.55. The molecule has 1 aliphatic rings. The van der Waals surface area contributed by atoms with Crippen LogP contribution in [0, 0.1) is 11.7 Å². The minimum atomic E-state index is -3.98. The van der Waals surface area contributed by atoms with E-state index in [2.05, 4.69) is 0 Å². The lowest BCUT2D eigenvalue weighted by Gasteiger charge is -2.11. The van der Waals surface area contributed by atoms with Crippen LogP contribution < -0.4 is 5.14 Å². The van der Waals surface area contributed by atoms with Crippen LogP contribution in [0.2, 0.25) is 0 Å². The number of rotatable bonds is 4. The smallest absolute Gasteiger partial charge is 0.341 e. The lowest BCUT2D eigenvalue weighted by Crippen LogP contribution is -2.16. The summed E-state index contributed by atoms with van der Waals surface area (Å²) in [6.07, 6.45) is 4.20. The standard InChI is InChI=1S/C13H16FNO4S/c14-12-6-5-10(20(15,17)18)7-11(12)13(16)19-8-9-3-1-2-4-9/h5-7,9H,1-4,8H2,(H2,15,17,18). The number of carbonyl (C=O) groups is 1. The lowest BCUT2D eigenvalue weighted by atomic mass is 10.1. The molecule has 2 N–H and O–H groups in total. The van der Waals surface area contributed by atoms with Gasteiger partial charge < -0.3 is 4.74 Å². The van der Waals surface area contributed by atoms with Crippen molar-refractivity contribution < 1.29 is 22.3 Å². The number of esters is 1. The Morgan fingerprint density at radius 2 is 2.00 bits per heavy atom. The van der Waals surface area contributed by atoms with Crippen LogP contribution in [-0.4, -0.2) is 21.0 Å². The molecule has 0 heterocycles. The molecule has 1 aromatic carbocycles. The van der Waals surface area contributed by atoms with E-state index in [-0.39, 0.29) is 11.5 Å². The molecule has 0 amide bonds. The molecule has 1 aliphatic carbocycles. The maximum absolute atomic E-state index is 13.6. The minimum Gasteiger partial charge on any atom is -0.462 e. The first-order chi connectivity index (χ1) is 9.38. The first kappa shape index (κ1) is 14.9. The summed E-state index contributed by atoms with van der Waals surface area (Å²) in [5.74, 6) is -1.38. The average Bonchev–Trinajstić information content (AvgIpc) is 2.88. The zero-order valence-corrected chi connectivity index (χ0v) is 11.7. The van der Waals surface area contributed by atoms with Crippen LogP contribution in [-0.2, 0) is 14.8 Å². The maximum Gasteiger partial charge on any atom is 0.341 e. The van der Waals surface area contributed by atoms with Crippen molar-refractivity contribution in [3.05, 3.63) is 29.6 Å². The van der Waals surface area contributed by atoms with E-state index in [0.717, 1.165) is 43.9 Å². The Morgan fingerprint density at radius 1 is 1.35 bits per heavy atom. The molecule has 0 aromatic heterocycles. The summed E-state index contributed by atoms with van der Waals surface area (Å²) >= 11 is 0. The van der Waals surface area contributed by atoms with E-state index in [1.165, 1.54) is 0 Å². The Labute approximate surface area is 117 Å². The fourth-order valence-electron chi connectivity index (χ4n) is 2.29. The molecular weight excluding hydrogens is 285 g/mol. The van der Waals surface area contributed by atoms with Gasteiger partial charge in [0.25, 0.3) is 0 Å². The zero-order valence-electron chi connectivity index (χ0n) is 10.8. The van der Waals surface area contributed by atoms with Crippen LogP contribution in [0.5, 0.6) is 0 Å². The van der Waals surface area contributed by atoms with Crippen LogP contribution >= 0.6 is 0 Å². The molecule has 1 saturated carbocycles. The van der Waals surface area contributed by atoms with E-state index in [9.17, 15) is 17.6 Å². The van der Waals surface area contributed by atoms with E-state index >= 15 is 0 Å². The number of halogens is 1. The summed E-state index contributed by atoms with van der Waals surface area (Å²) in [7, 11) is -3.98. The highest BCUT2D eigenvalue weighted by Gasteiger charge is 2.21. The van der Waals surface area contributed by atoms with Crippen molar-refractivity contribution in [3.63, 3.8) is 0 Å². The number of nitrogens with two attached hydrogens (primary N) is 1. The van der Waals surface area contributed by atoms with Crippen LogP contribution in [0.25, 0.3) is 0 Å². The summed E-state index contributed by atoms with van der Waals surface area (Å²) < 4.78 is 41.0. The summed E-state index contributed by atoms with van der Waals surface area (Å²) in [6.45, 7) is 0.234. The predicted molar refractivity (Wildman–Crippen MR) is 70.0 cm³/mol. The van der Waals surface area contributed by atoms with Crippen LogP contribution in [0.4, 0.5) is 4.39 Å². The molecule has 5 nitrogen and oxygen atoms in total. The van der Waals surface area contributed by atoms with Crippen molar-refractivity contribution >= 4 is 16.0 Å². The fraction of sp³-hybridized carbons (Fsp3) is 0.462. The summed E-state index contributed by atoms with van der Waals surface area (Å²) in [4.78, 5) is 11.5. The van der Waals surface area contributed by atoms with E-state index in [0.29, 0.717) is 5.92 Å². The number of hydrogen-bond acceptors (Lipinski definition) is 4. The third-order valence-corrected chi connectivity index (χ3v) is 4.32. The van der Waals surface area contributed by atoms with Gasteiger partial charge >= 0.3 is 5.97 Å². The Hall–Kier alpha value is -1.47. The monoisotopic (exact) mass is 301 g/mol. The highest BCUT2D eigenvalue weighted by Crippen LogP contribution is 2.25. The highest BCUT2D eigenvalue weighted by atomic mass is 32.2. The molecule has 0 bridgehead atoms. The summed E-state index contributed by atoms with van der Waals surface area (Å²) in [6, 6.07) is 2.81. The summed E-state index contributed by atoms with van der Waals surface area (Å²) in [5.41, 5.74) is -0.408. The van der Waals surface area contributed by atoms with Crippen molar-refractivity contribution in [1.82, 2.24) is 0 Å². The van der Waals surface area contributed by atoms with Gasteiger partial charge in [-0.2, -0.15) is 0 Å². The van der Waals surface area contributed by atoms with Gasteiger partial charge in [0, 0.05) is 0 Å². The molecule has 110 valence electrons. The molecule has 0 unspecified atom stereocenters. The maximum atomic E-state index is 13.6. The zero-order chi connectivity index (χ0) is 14.8. The number of hydrogen-bond donors (Lipinski definition) is 1. The molecule has 0 spiro atoms. The molecule has 0 atom stereocenters. The van der Waals surface area contributed by atoms with Gasteiger partial charge in [-0.05, 0) is 37.0 Å². The SMILES string of the molecule is NS(=O)(=O)c1ccc(F)c(C(=O)OCC2CCCC2)c1. The molecule has 20 heavy (non-hydrogen) atoms. The van der Waals surface area contributed by atoms with E-state index in [4.69, 9.17) is 9.88 Å². The number of sulfonamides is 1. The molecule has 2 rings (SSSR count). The largest absolute Gasteiger partial charge is 0.462 e. The van der Waals surface area contributed by atoms with Crippen molar-refractivity contribution in [2.45, 2.75) is 30.6 Å². The number of benzene rings is 1. The molecule has 0 radical (unpaired) electrons. The fourth-order valence-corrected chi connectivity index (χ4v) is 2.83. The highest BCUT2D eigenvalue weighted by molar-refractivity contribution is 7.89. The van der Waals surface area contributed by atoms with Gasteiger partial charge in [-0.25, -0.2) is 22.7 Å². The first-order valence-corrected chi connectivity index (χ1v) is 7.92. The molecular formula is C13H16FNO4S. The first-order valence-electron chi connectivity index (χ1n) is 6.37. The topological polar surface area (TPSA) is 86.5 Å². The average molecular weight is 301 g/mol. The van der Waals surface area contributed by atoms with Gasteiger partial charge in [0.05, 0.1) is 17.1 Å². The van der Waals surface area contributed by atoms with Crippen LogP contribution in [0.3, 0.4) is 0 Å². The van der Waals surface area contributed by atoms with Gasteiger partial charge in [0.15, 0.2) is 0 Å². The van der Waals surface area contributed by atoms with Crippen molar-refractivity contribution in [2.24, 2.45) is 11.1 Å². The Balaban J connectivity index is 2.12. The summed E-state index contributed by atoms with van der Waals surface area (Å²) in [5, 5.41) is 4.95. The second kappa shape index (κ2) is 5.88. The second-order valence-electron chi connectivity index (χ2n) is 4.94. The van der Waals surface area contributed by atoms with Gasteiger partial charge in [0.1, 0.15) is 5.82 Å². The van der Waals surface area contributed by atoms with Gasteiger partial charge in [0.2, 0.25) is 10.0 Å². The normalized spacial score (nSPS) is 16.3. The van der Waals surface area contributed by atoms with Gasteiger partial charge in [-0.15, -0.1) is 0 Å². The molecule has 0 saturated heterocycles. The number of primary sulfonamides is 1. The number of carbonyl (C=O) groups excluding carboxylic acids is 1. The molecule has 7 heteroatoms.